The summed E-state index contributed by atoms with van der Waals surface area (Å²) in [4.78, 5) is 13.9. The second-order valence-corrected chi connectivity index (χ2v) is 6.93. The zero-order chi connectivity index (χ0) is 14.6. The Balaban J connectivity index is 2.66. The van der Waals surface area contributed by atoms with Gasteiger partial charge in [-0.25, -0.2) is 0 Å². The van der Waals surface area contributed by atoms with Crippen LogP contribution in [0.15, 0.2) is 0 Å². The van der Waals surface area contributed by atoms with Crippen LogP contribution in [0, 0.1) is 11.8 Å². The second-order valence-electron chi connectivity index (χ2n) is 5.37. The van der Waals surface area contributed by atoms with Crippen LogP contribution in [-0.4, -0.2) is 35.4 Å². The zero-order valence-corrected chi connectivity index (χ0v) is 12.9. The molecule has 19 heavy (non-hydrogen) atoms. The molecule has 1 saturated carbocycles. The Hall–Kier alpha value is -0.260. The fraction of sp³-hybridized carbons (Fsp3) is 0.923. The molecule has 0 heterocycles. The Kier molecular flexibility index (Phi) is 6.15. The number of rotatable bonds is 4. The van der Waals surface area contributed by atoms with Crippen molar-refractivity contribution in [1.29, 1.82) is 0 Å². The Bertz CT molecular complexity index is 307. The first-order valence-electron chi connectivity index (χ1n) is 6.69. The predicted octanol–water partition coefficient (Wildman–Crippen LogP) is 3.99. The Morgan fingerprint density at radius 1 is 1.37 bits per heavy atom. The van der Waals surface area contributed by atoms with Crippen LogP contribution in [0.1, 0.15) is 39.0 Å². The molecule has 2 nitrogen and oxygen atoms in total. The Morgan fingerprint density at radius 3 is 2.47 bits per heavy atom. The lowest BCUT2D eigenvalue weighted by atomic mass is 9.78. The number of alkyl halides is 4. The molecule has 0 bridgehead atoms. The van der Waals surface area contributed by atoms with E-state index in [0.29, 0.717) is 25.8 Å². The van der Waals surface area contributed by atoms with Gasteiger partial charge in [-0.3, -0.25) is 4.79 Å². The smallest absolute Gasteiger partial charge is 0.345 e. The molecule has 0 spiro atoms. The van der Waals surface area contributed by atoms with Crippen molar-refractivity contribution in [3.63, 3.8) is 0 Å². The van der Waals surface area contributed by atoms with Gasteiger partial charge in [0.1, 0.15) is 0 Å². The van der Waals surface area contributed by atoms with Crippen LogP contribution >= 0.6 is 15.9 Å². The van der Waals surface area contributed by atoms with Gasteiger partial charge in [-0.15, -0.1) is 0 Å². The van der Waals surface area contributed by atoms with E-state index in [1.165, 1.54) is 4.90 Å². The molecule has 0 saturated heterocycles. The average Bonchev–Trinajstić information content (AvgIpc) is 2.34. The summed E-state index contributed by atoms with van der Waals surface area (Å²) in [5, 5.41) is 0. The van der Waals surface area contributed by atoms with Gasteiger partial charge in [0.25, 0.3) is 0 Å². The Morgan fingerprint density at radius 2 is 1.95 bits per heavy atom. The first kappa shape index (κ1) is 16.8. The maximum Gasteiger partial charge on any atom is 0.392 e. The molecule has 1 aliphatic rings. The highest BCUT2D eigenvalue weighted by Gasteiger charge is 2.48. The molecule has 1 rings (SSSR count). The quantitative estimate of drug-likeness (QED) is 0.707. The number of amides is 1. The summed E-state index contributed by atoms with van der Waals surface area (Å²) in [5.41, 5.74) is 0. The molecule has 0 aromatic heterocycles. The maximum absolute atomic E-state index is 13.0. The number of nitrogens with zero attached hydrogens (tertiary/aromatic N) is 1. The molecule has 0 N–H and O–H groups in total. The minimum absolute atomic E-state index is 0.0859. The molecule has 0 aromatic rings. The van der Waals surface area contributed by atoms with Crippen LogP contribution in [0.2, 0.25) is 0 Å². The van der Waals surface area contributed by atoms with Crippen molar-refractivity contribution in [2.45, 2.75) is 50.0 Å². The molecule has 112 valence electrons. The van der Waals surface area contributed by atoms with E-state index < -0.39 is 18.0 Å². The van der Waals surface area contributed by atoms with Gasteiger partial charge in [0.05, 0.1) is 5.92 Å². The molecular formula is C13H21BrF3NO. The van der Waals surface area contributed by atoms with Crippen LogP contribution in [0.25, 0.3) is 0 Å². The third-order valence-corrected chi connectivity index (χ3v) is 4.20. The van der Waals surface area contributed by atoms with Crippen molar-refractivity contribution in [3.05, 3.63) is 0 Å². The van der Waals surface area contributed by atoms with Crippen molar-refractivity contribution in [2.24, 2.45) is 11.8 Å². The summed E-state index contributed by atoms with van der Waals surface area (Å²) in [7, 11) is 1.60. The van der Waals surface area contributed by atoms with Crippen LogP contribution in [0.5, 0.6) is 0 Å². The van der Waals surface area contributed by atoms with E-state index in [2.05, 4.69) is 15.9 Å². The number of hydrogen-bond donors (Lipinski definition) is 0. The van der Waals surface area contributed by atoms with Gasteiger partial charge in [0.2, 0.25) is 5.91 Å². The van der Waals surface area contributed by atoms with E-state index in [1.807, 2.05) is 6.92 Å². The molecule has 0 aromatic carbocycles. The summed E-state index contributed by atoms with van der Waals surface area (Å²) in [6.45, 7) is 2.45. The van der Waals surface area contributed by atoms with Gasteiger partial charge in [-0.05, 0) is 19.3 Å². The van der Waals surface area contributed by atoms with Crippen molar-refractivity contribution >= 4 is 21.8 Å². The van der Waals surface area contributed by atoms with Gasteiger partial charge < -0.3 is 4.90 Å². The molecule has 0 aliphatic heterocycles. The third-order valence-electron chi connectivity index (χ3n) is 3.74. The third kappa shape index (κ3) is 4.97. The number of carbonyl (C=O) groups is 1. The van der Waals surface area contributed by atoms with E-state index in [-0.39, 0.29) is 17.2 Å². The molecule has 6 heteroatoms. The van der Waals surface area contributed by atoms with E-state index >= 15 is 0 Å². The highest BCUT2D eigenvalue weighted by molar-refractivity contribution is 9.09. The lowest BCUT2D eigenvalue weighted by molar-refractivity contribution is -0.200. The van der Waals surface area contributed by atoms with Gasteiger partial charge in [0, 0.05) is 24.3 Å². The summed E-state index contributed by atoms with van der Waals surface area (Å²) in [5.74, 6) is -2.70. The van der Waals surface area contributed by atoms with Gasteiger partial charge in [0.15, 0.2) is 0 Å². The fourth-order valence-electron chi connectivity index (χ4n) is 2.58. The first-order valence-corrected chi connectivity index (χ1v) is 7.60. The molecule has 1 fully saturated rings. The highest BCUT2D eigenvalue weighted by atomic mass is 79.9. The second kappa shape index (κ2) is 6.95. The molecule has 1 aliphatic carbocycles. The monoisotopic (exact) mass is 343 g/mol. The van der Waals surface area contributed by atoms with Gasteiger partial charge >= 0.3 is 6.18 Å². The van der Waals surface area contributed by atoms with E-state index in [9.17, 15) is 18.0 Å². The van der Waals surface area contributed by atoms with Crippen molar-refractivity contribution in [3.8, 4) is 0 Å². The normalized spacial score (nSPS) is 26.0. The largest absolute Gasteiger partial charge is 0.392 e. The molecular weight excluding hydrogens is 323 g/mol. The predicted molar refractivity (Wildman–Crippen MR) is 72.1 cm³/mol. The average molecular weight is 344 g/mol. The van der Waals surface area contributed by atoms with Crippen LogP contribution in [0.4, 0.5) is 13.2 Å². The lowest BCUT2D eigenvalue weighted by Gasteiger charge is -2.34. The van der Waals surface area contributed by atoms with Gasteiger partial charge in [-0.1, -0.05) is 35.7 Å². The standard InChI is InChI=1S/C13H21BrF3NO/c1-9(14)7-8-18(2)12(19)10-5-3-4-6-11(10)13(15,16)17/h9-11H,3-8H2,1-2H3. The SMILES string of the molecule is CC(Br)CCN(C)C(=O)C1CCCCC1C(F)(F)F. The van der Waals surface area contributed by atoms with Crippen molar-refractivity contribution in [1.82, 2.24) is 4.90 Å². The van der Waals surface area contributed by atoms with Crippen LogP contribution < -0.4 is 0 Å². The molecule has 1 amide bonds. The lowest BCUT2D eigenvalue weighted by Crippen LogP contribution is -2.43. The van der Waals surface area contributed by atoms with E-state index in [0.717, 1.165) is 6.42 Å². The minimum Gasteiger partial charge on any atom is -0.345 e. The summed E-state index contributed by atoms with van der Waals surface area (Å²) in [6, 6.07) is 0. The minimum atomic E-state index is -4.26. The van der Waals surface area contributed by atoms with Gasteiger partial charge in [-0.2, -0.15) is 13.2 Å². The first-order chi connectivity index (χ1) is 8.73. The zero-order valence-electron chi connectivity index (χ0n) is 11.3. The topological polar surface area (TPSA) is 20.3 Å². The van der Waals surface area contributed by atoms with Crippen molar-refractivity contribution in [2.75, 3.05) is 13.6 Å². The van der Waals surface area contributed by atoms with E-state index in [1.54, 1.807) is 7.05 Å². The summed E-state index contributed by atoms with van der Waals surface area (Å²) in [6.07, 6.45) is -1.79. The maximum atomic E-state index is 13.0. The molecule has 3 unspecified atom stereocenters. The fourth-order valence-corrected chi connectivity index (χ4v) is 2.79. The summed E-state index contributed by atoms with van der Waals surface area (Å²) >= 11 is 3.37. The number of hydrogen-bond acceptors (Lipinski definition) is 1. The highest BCUT2D eigenvalue weighted by Crippen LogP contribution is 2.42. The van der Waals surface area contributed by atoms with E-state index in [4.69, 9.17) is 0 Å². The van der Waals surface area contributed by atoms with Crippen molar-refractivity contribution < 1.29 is 18.0 Å². The van der Waals surface area contributed by atoms with Crippen LogP contribution in [-0.2, 0) is 4.79 Å². The molecule has 0 radical (unpaired) electrons. The molecule has 3 atom stereocenters. The number of carbonyl (C=O) groups excluding carboxylic acids is 1. The van der Waals surface area contributed by atoms with Crippen LogP contribution in [0.3, 0.4) is 0 Å². The summed E-state index contributed by atoms with van der Waals surface area (Å²) < 4.78 is 38.9. The Labute approximate surface area is 120 Å². The number of halogens is 4.